The molecule has 0 atom stereocenters. The third kappa shape index (κ3) is 6.77. The maximum atomic E-state index is 13.5. The van der Waals surface area contributed by atoms with Crippen molar-refractivity contribution in [3.63, 3.8) is 0 Å². The van der Waals surface area contributed by atoms with Gasteiger partial charge in [0.05, 0.1) is 11.6 Å². The summed E-state index contributed by atoms with van der Waals surface area (Å²) in [5.41, 5.74) is 1.77. The van der Waals surface area contributed by atoms with Gasteiger partial charge in [-0.25, -0.2) is 0 Å². The molecule has 0 saturated carbocycles. The fourth-order valence-corrected chi connectivity index (χ4v) is 5.07. The van der Waals surface area contributed by atoms with Crippen molar-refractivity contribution in [1.82, 2.24) is 14.7 Å². The van der Waals surface area contributed by atoms with Gasteiger partial charge in [-0.3, -0.25) is 9.69 Å². The van der Waals surface area contributed by atoms with Gasteiger partial charge >= 0.3 is 6.61 Å². The largest absolute Gasteiger partial charge is 0.434 e. The predicted molar refractivity (Wildman–Crippen MR) is 129 cm³/mol. The van der Waals surface area contributed by atoms with E-state index in [-0.39, 0.29) is 17.7 Å². The number of carbonyl (C=O) groups excluding carboxylic acids is 1. The van der Waals surface area contributed by atoms with Crippen LogP contribution in [0.2, 0.25) is 0 Å². The molecule has 6 nitrogen and oxygen atoms in total. The van der Waals surface area contributed by atoms with Crippen molar-refractivity contribution in [3.05, 3.63) is 65.2 Å². The van der Waals surface area contributed by atoms with Crippen LogP contribution in [0.15, 0.2) is 48.5 Å². The van der Waals surface area contributed by atoms with Crippen LogP contribution in [0.1, 0.15) is 47.2 Å². The summed E-state index contributed by atoms with van der Waals surface area (Å²) in [6.45, 7) is 2.86. The molecule has 2 aliphatic heterocycles. The Balaban J connectivity index is 1.42. The fourth-order valence-electron chi connectivity index (χ4n) is 5.07. The van der Waals surface area contributed by atoms with Gasteiger partial charge in [0.15, 0.2) is 0 Å². The van der Waals surface area contributed by atoms with E-state index in [0.29, 0.717) is 24.2 Å². The number of nitrogens with zero attached hydrogens (tertiary/aromatic N) is 4. The van der Waals surface area contributed by atoms with Crippen LogP contribution in [0, 0.1) is 11.3 Å². The minimum Gasteiger partial charge on any atom is -0.434 e. The summed E-state index contributed by atoms with van der Waals surface area (Å²) in [6.07, 6.45) is 4.02. The Kier molecular flexibility index (Phi) is 8.67. The van der Waals surface area contributed by atoms with E-state index >= 15 is 0 Å². The molecule has 0 aromatic heterocycles. The molecule has 4 rings (SSSR count). The molecule has 2 aliphatic rings. The number of para-hydroxylation sites is 1. The molecular weight excluding hydrogens is 450 g/mol. The van der Waals surface area contributed by atoms with Crippen molar-refractivity contribution in [2.75, 3.05) is 39.3 Å². The van der Waals surface area contributed by atoms with Gasteiger partial charge < -0.3 is 14.5 Å². The first-order valence-electron chi connectivity index (χ1n) is 12.3. The summed E-state index contributed by atoms with van der Waals surface area (Å²) in [4.78, 5) is 20.1. The number of piperidine rings is 1. The lowest BCUT2D eigenvalue weighted by atomic mass is 10.0. The second-order valence-electron chi connectivity index (χ2n) is 9.23. The molecule has 0 spiro atoms. The lowest BCUT2D eigenvalue weighted by Gasteiger charge is -2.39. The van der Waals surface area contributed by atoms with Crippen molar-refractivity contribution in [1.29, 1.82) is 5.26 Å². The van der Waals surface area contributed by atoms with E-state index in [2.05, 4.69) is 20.6 Å². The minimum absolute atomic E-state index is 0.0320. The smallest absolute Gasteiger partial charge is 0.387 e. The second-order valence-corrected chi connectivity index (χ2v) is 9.23. The SMILES string of the molecule is N#Cc1cccc(C(=O)N(CCN2CCCC2)C2CCN(Cc3ccccc3OC(F)F)CC2)c1. The number of hydrogen-bond acceptors (Lipinski definition) is 5. The molecule has 1 amide bonds. The third-order valence-electron chi connectivity index (χ3n) is 6.94. The molecule has 2 saturated heterocycles. The van der Waals surface area contributed by atoms with Crippen LogP contribution < -0.4 is 4.74 Å². The number of ether oxygens (including phenoxy) is 1. The van der Waals surface area contributed by atoms with E-state index in [1.54, 1.807) is 36.4 Å². The van der Waals surface area contributed by atoms with Gasteiger partial charge in [-0.1, -0.05) is 24.3 Å². The maximum absolute atomic E-state index is 13.5. The molecular formula is C27H32F2N4O2. The van der Waals surface area contributed by atoms with Crippen molar-refractivity contribution in [2.24, 2.45) is 0 Å². The fraction of sp³-hybridized carbons (Fsp3) is 0.481. The van der Waals surface area contributed by atoms with Crippen LogP contribution in [-0.4, -0.2) is 72.5 Å². The van der Waals surface area contributed by atoms with Crippen molar-refractivity contribution in [2.45, 2.75) is 44.9 Å². The number of rotatable bonds is 9. The highest BCUT2D eigenvalue weighted by Gasteiger charge is 2.29. The first-order valence-corrected chi connectivity index (χ1v) is 12.3. The maximum Gasteiger partial charge on any atom is 0.387 e. The first-order chi connectivity index (χ1) is 17.0. The Hall–Kier alpha value is -3.02. The third-order valence-corrected chi connectivity index (χ3v) is 6.94. The van der Waals surface area contributed by atoms with Crippen molar-refractivity contribution >= 4 is 5.91 Å². The topological polar surface area (TPSA) is 59.8 Å². The summed E-state index contributed by atoms with van der Waals surface area (Å²) in [6, 6.07) is 16.0. The lowest BCUT2D eigenvalue weighted by Crippen LogP contribution is -2.49. The quantitative estimate of drug-likeness (QED) is 0.532. The van der Waals surface area contributed by atoms with Crippen molar-refractivity contribution < 1.29 is 18.3 Å². The average Bonchev–Trinajstić information content (AvgIpc) is 3.39. The van der Waals surface area contributed by atoms with Gasteiger partial charge in [0, 0.05) is 49.9 Å². The highest BCUT2D eigenvalue weighted by atomic mass is 19.3. The molecule has 186 valence electrons. The number of benzene rings is 2. The van der Waals surface area contributed by atoms with E-state index in [4.69, 9.17) is 0 Å². The predicted octanol–water partition coefficient (Wildman–Crippen LogP) is 4.36. The van der Waals surface area contributed by atoms with Crippen molar-refractivity contribution in [3.8, 4) is 11.8 Å². The van der Waals surface area contributed by atoms with Crippen LogP contribution in [0.25, 0.3) is 0 Å². The first kappa shape index (κ1) is 25.1. The molecule has 0 aliphatic carbocycles. The van der Waals surface area contributed by atoms with E-state index in [1.807, 2.05) is 17.0 Å². The zero-order valence-corrected chi connectivity index (χ0v) is 19.9. The summed E-state index contributed by atoms with van der Waals surface area (Å²) in [7, 11) is 0. The highest BCUT2D eigenvalue weighted by Crippen LogP contribution is 2.25. The molecule has 2 fully saturated rings. The molecule has 0 N–H and O–H groups in total. The number of hydrogen-bond donors (Lipinski definition) is 0. The summed E-state index contributed by atoms with van der Waals surface area (Å²) >= 11 is 0. The van der Waals surface area contributed by atoms with Gasteiger partial charge in [-0.2, -0.15) is 14.0 Å². The van der Waals surface area contributed by atoms with Gasteiger partial charge in [-0.05, 0) is 63.0 Å². The van der Waals surface area contributed by atoms with Gasteiger partial charge in [-0.15, -0.1) is 0 Å². The zero-order valence-electron chi connectivity index (χ0n) is 19.9. The van der Waals surface area contributed by atoms with E-state index < -0.39 is 6.61 Å². The molecule has 2 aromatic rings. The monoisotopic (exact) mass is 482 g/mol. The van der Waals surface area contributed by atoms with E-state index in [0.717, 1.165) is 51.1 Å². The van der Waals surface area contributed by atoms with Crippen LogP contribution in [0.3, 0.4) is 0 Å². The number of likely N-dealkylation sites (tertiary alicyclic amines) is 2. The minimum atomic E-state index is -2.85. The number of halogens is 2. The molecule has 2 aromatic carbocycles. The Bertz CT molecular complexity index is 1030. The Labute approximate surface area is 205 Å². The summed E-state index contributed by atoms with van der Waals surface area (Å²) in [5, 5.41) is 9.26. The van der Waals surface area contributed by atoms with E-state index in [1.165, 1.54) is 12.8 Å². The molecule has 0 radical (unpaired) electrons. The normalized spacial score (nSPS) is 17.4. The summed E-state index contributed by atoms with van der Waals surface area (Å²) in [5.74, 6) is 0.180. The molecule has 0 unspecified atom stereocenters. The molecule has 35 heavy (non-hydrogen) atoms. The lowest BCUT2D eigenvalue weighted by molar-refractivity contribution is -0.0508. The van der Waals surface area contributed by atoms with Crippen LogP contribution in [0.5, 0.6) is 5.75 Å². The molecule has 0 bridgehead atoms. The summed E-state index contributed by atoms with van der Waals surface area (Å²) < 4.78 is 30.2. The average molecular weight is 483 g/mol. The number of nitriles is 1. The van der Waals surface area contributed by atoms with E-state index in [9.17, 15) is 18.8 Å². The molecule has 8 heteroatoms. The number of alkyl halides is 2. The van der Waals surface area contributed by atoms with Crippen LogP contribution in [0.4, 0.5) is 8.78 Å². The van der Waals surface area contributed by atoms with Gasteiger partial charge in [0.25, 0.3) is 5.91 Å². The Morgan fingerprint density at radius 2 is 1.80 bits per heavy atom. The zero-order chi connectivity index (χ0) is 24.6. The Morgan fingerprint density at radius 3 is 2.51 bits per heavy atom. The second kappa shape index (κ2) is 12.1. The molecule has 2 heterocycles. The van der Waals surface area contributed by atoms with Crippen LogP contribution >= 0.6 is 0 Å². The van der Waals surface area contributed by atoms with Crippen LogP contribution in [-0.2, 0) is 6.54 Å². The van der Waals surface area contributed by atoms with Gasteiger partial charge in [0.2, 0.25) is 0 Å². The highest BCUT2D eigenvalue weighted by molar-refractivity contribution is 5.94. The standard InChI is InChI=1S/C27H32F2N4O2/c28-27(29)35-25-9-2-1-7-23(25)20-32-14-10-24(11-15-32)33(17-16-31-12-3-4-13-31)26(34)22-8-5-6-21(18-22)19-30/h1-2,5-9,18,24,27H,3-4,10-17,20H2. The number of carbonyl (C=O) groups is 1. The number of amides is 1. The Morgan fingerprint density at radius 1 is 1.06 bits per heavy atom. The van der Waals surface area contributed by atoms with Gasteiger partial charge in [0.1, 0.15) is 5.75 Å².